The molecule has 2 aromatic carbocycles. The van der Waals surface area contributed by atoms with Gasteiger partial charge in [-0.15, -0.1) is 0 Å². The highest BCUT2D eigenvalue weighted by Crippen LogP contribution is 2.30. The minimum absolute atomic E-state index is 1.02. The van der Waals surface area contributed by atoms with Gasteiger partial charge in [0, 0.05) is 22.3 Å². The fourth-order valence-electron chi connectivity index (χ4n) is 2.39. The fraction of sp³-hybridized carbons (Fsp3) is 0.200. The van der Waals surface area contributed by atoms with Crippen molar-refractivity contribution in [3.63, 3.8) is 0 Å². The van der Waals surface area contributed by atoms with Gasteiger partial charge in [0.2, 0.25) is 0 Å². The van der Waals surface area contributed by atoms with Gasteiger partial charge in [-0.25, -0.2) is 0 Å². The first-order valence-electron chi connectivity index (χ1n) is 5.90. The summed E-state index contributed by atoms with van der Waals surface area (Å²) in [5, 5.41) is 0. The average molecular weight is 335 g/mol. The van der Waals surface area contributed by atoms with E-state index in [2.05, 4.69) is 76.0 Å². The largest absolute Gasteiger partial charge is 0.367 e. The average Bonchev–Trinajstić information content (AvgIpc) is 2.73. The van der Waals surface area contributed by atoms with Crippen LogP contribution in [-0.4, -0.2) is 6.54 Å². The Labute approximate surface area is 116 Å². The van der Waals surface area contributed by atoms with Gasteiger partial charge in [-0.2, -0.15) is 0 Å². The lowest BCUT2D eigenvalue weighted by molar-refractivity contribution is 0.836. The number of fused-ring (bicyclic) bond motifs is 1. The van der Waals surface area contributed by atoms with Gasteiger partial charge in [0.05, 0.1) is 0 Å². The van der Waals surface area contributed by atoms with Crippen LogP contribution in [0.15, 0.2) is 48.5 Å². The lowest BCUT2D eigenvalue weighted by atomic mass is 10.1. The van der Waals surface area contributed by atoms with Crippen molar-refractivity contribution in [3.05, 3.63) is 63.2 Å². The molecule has 1 aliphatic heterocycles. The van der Waals surface area contributed by atoms with Gasteiger partial charge in [-0.05, 0) is 52.3 Å². The van der Waals surface area contributed by atoms with E-state index in [1.165, 1.54) is 26.8 Å². The third-order valence-electron chi connectivity index (χ3n) is 3.26. The molecule has 0 bridgehead atoms. The van der Waals surface area contributed by atoms with Crippen LogP contribution in [0, 0.1) is 3.57 Å². The van der Waals surface area contributed by atoms with Crippen LogP contribution in [0.4, 0.5) is 5.69 Å². The van der Waals surface area contributed by atoms with Gasteiger partial charge in [0.15, 0.2) is 0 Å². The van der Waals surface area contributed by atoms with Gasteiger partial charge in [0.25, 0.3) is 0 Å². The fourth-order valence-corrected chi connectivity index (χ4v) is 2.86. The predicted molar refractivity (Wildman–Crippen MR) is 80.4 cm³/mol. The molecule has 1 heterocycles. The molecular formula is C15H14IN. The monoisotopic (exact) mass is 335 g/mol. The summed E-state index contributed by atoms with van der Waals surface area (Å²) in [5.41, 5.74) is 4.29. The smallest absolute Gasteiger partial charge is 0.0429 e. The van der Waals surface area contributed by atoms with Gasteiger partial charge in [-0.3, -0.25) is 0 Å². The Hall–Kier alpha value is -1.03. The van der Waals surface area contributed by atoms with Gasteiger partial charge >= 0.3 is 0 Å². The highest BCUT2D eigenvalue weighted by Gasteiger charge is 2.18. The van der Waals surface area contributed by atoms with Crippen molar-refractivity contribution in [1.82, 2.24) is 0 Å². The molecule has 1 aliphatic rings. The van der Waals surface area contributed by atoms with Gasteiger partial charge in [-0.1, -0.05) is 36.4 Å². The summed E-state index contributed by atoms with van der Waals surface area (Å²) in [6, 6.07) is 17.5. The number of nitrogens with zero attached hydrogens (tertiary/aromatic N) is 1. The molecule has 0 radical (unpaired) electrons. The standard InChI is InChI=1S/C15H14IN/c16-14-7-6-13-8-9-17(15(13)10-14)11-12-4-2-1-3-5-12/h1-7,10H,8-9,11H2. The summed E-state index contributed by atoms with van der Waals surface area (Å²) in [7, 11) is 0. The first kappa shape index (κ1) is 11.1. The molecule has 0 aliphatic carbocycles. The maximum absolute atomic E-state index is 2.48. The Morgan fingerprint density at radius 3 is 2.71 bits per heavy atom. The Morgan fingerprint density at radius 1 is 1.06 bits per heavy atom. The van der Waals surface area contributed by atoms with Crippen LogP contribution in [0.25, 0.3) is 0 Å². The van der Waals surface area contributed by atoms with Crippen LogP contribution in [0.3, 0.4) is 0 Å². The second-order valence-corrected chi connectivity index (χ2v) is 5.68. The lowest BCUT2D eigenvalue weighted by Gasteiger charge is -2.19. The molecule has 0 atom stereocenters. The molecule has 2 heteroatoms. The molecular weight excluding hydrogens is 321 g/mol. The van der Waals surface area contributed by atoms with Crippen molar-refractivity contribution >= 4 is 28.3 Å². The van der Waals surface area contributed by atoms with Crippen molar-refractivity contribution in [2.24, 2.45) is 0 Å². The molecule has 1 nitrogen and oxygen atoms in total. The zero-order valence-corrected chi connectivity index (χ0v) is 11.7. The van der Waals surface area contributed by atoms with Crippen molar-refractivity contribution in [1.29, 1.82) is 0 Å². The van der Waals surface area contributed by atoms with Crippen molar-refractivity contribution < 1.29 is 0 Å². The number of anilines is 1. The first-order chi connectivity index (χ1) is 8.33. The summed E-state index contributed by atoms with van der Waals surface area (Å²) in [6.45, 7) is 2.16. The third kappa shape index (κ3) is 2.32. The molecule has 0 spiro atoms. The molecule has 3 rings (SSSR count). The van der Waals surface area contributed by atoms with Crippen LogP contribution >= 0.6 is 22.6 Å². The van der Waals surface area contributed by atoms with Gasteiger partial charge in [0.1, 0.15) is 0 Å². The lowest BCUT2D eigenvalue weighted by Crippen LogP contribution is -2.19. The van der Waals surface area contributed by atoms with E-state index >= 15 is 0 Å². The molecule has 0 unspecified atom stereocenters. The second kappa shape index (κ2) is 4.69. The van der Waals surface area contributed by atoms with Crippen LogP contribution in [0.2, 0.25) is 0 Å². The SMILES string of the molecule is Ic1ccc2c(c1)N(Cc1ccccc1)CC2. The molecule has 0 saturated heterocycles. The minimum atomic E-state index is 1.02. The second-order valence-electron chi connectivity index (χ2n) is 4.43. The summed E-state index contributed by atoms with van der Waals surface area (Å²) >= 11 is 2.39. The van der Waals surface area contributed by atoms with E-state index < -0.39 is 0 Å². The van der Waals surface area contributed by atoms with E-state index in [1.54, 1.807) is 0 Å². The van der Waals surface area contributed by atoms with Gasteiger partial charge < -0.3 is 4.90 Å². The molecule has 0 aromatic heterocycles. The normalized spacial score (nSPS) is 13.8. The number of halogens is 1. The maximum Gasteiger partial charge on any atom is 0.0429 e. The van der Waals surface area contributed by atoms with Crippen LogP contribution in [0.1, 0.15) is 11.1 Å². The van der Waals surface area contributed by atoms with E-state index in [1.807, 2.05) is 0 Å². The molecule has 0 N–H and O–H groups in total. The van der Waals surface area contributed by atoms with E-state index in [0.717, 1.165) is 13.1 Å². The van der Waals surface area contributed by atoms with Crippen LogP contribution < -0.4 is 4.90 Å². The molecule has 86 valence electrons. The van der Waals surface area contributed by atoms with Crippen molar-refractivity contribution in [3.8, 4) is 0 Å². The minimum Gasteiger partial charge on any atom is -0.367 e. The number of benzene rings is 2. The summed E-state index contributed by atoms with van der Waals surface area (Å²) < 4.78 is 1.32. The number of hydrogen-bond donors (Lipinski definition) is 0. The Kier molecular flexibility index (Phi) is 3.05. The molecule has 0 fully saturated rings. The highest BCUT2D eigenvalue weighted by atomic mass is 127. The number of rotatable bonds is 2. The highest BCUT2D eigenvalue weighted by molar-refractivity contribution is 14.1. The Morgan fingerprint density at radius 2 is 1.88 bits per heavy atom. The topological polar surface area (TPSA) is 3.24 Å². The van der Waals surface area contributed by atoms with E-state index in [0.29, 0.717) is 0 Å². The summed E-state index contributed by atoms with van der Waals surface area (Å²) in [6.07, 6.45) is 1.18. The summed E-state index contributed by atoms with van der Waals surface area (Å²) in [4.78, 5) is 2.48. The summed E-state index contributed by atoms with van der Waals surface area (Å²) in [5.74, 6) is 0. The zero-order valence-electron chi connectivity index (χ0n) is 9.57. The molecule has 0 amide bonds. The molecule has 2 aromatic rings. The van der Waals surface area contributed by atoms with Crippen LogP contribution in [0.5, 0.6) is 0 Å². The Bertz CT molecular complexity index is 522. The first-order valence-corrected chi connectivity index (χ1v) is 6.98. The van der Waals surface area contributed by atoms with E-state index in [4.69, 9.17) is 0 Å². The van der Waals surface area contributed by atoms with E-state index in [9.17, 15) is 0 Å². The van der Waals surface area contributed by atoms with E-state index in [-0.39, 0.29) is 0 Å². The van der Waals surface area contributed by atoms with Crippen molar-refractivity contribution in [2.45, 2.75) is 13.0 Å². The predicted octanol–water partition coefficient (Wildman–Crippen LogP) is 3.85. The Balaban J connectivity index is 1.86. The van der Waals surface area contributed by atoms with Crippen LogP contribution in [-0.2, 0) is 13.0 Å². The number of hydrogen-bond acceptors (Lipinski definition) is 1. The zero-order chi connectivity index (χ0) is 11.7. The third-order valence-corrected chi connectivity index (χ3v) is 3.93. The van der Waals surface area contributed by atoms with Crippen molar-refractivity contribution in [2.75, 3.05) is 11.4 Å². The quantitative estimate of drug-likeness (QED) is 0.754. The molecule has 17 heavy (non-hydrogen) atoms. The molecule has 0 saturated carbocycles. The maximum atomic E-state index is 2.48.